The van der Waals surface area contributed by atoms with E-state index >= 15 is 0 Å². The maximum atomic E-state index is 11.2. The third-order valence-electron chi connectivity index (χ3n) is 7.48. The van der Waals surface area contributed by atoms with Crippen LogP contribution in [0.2, 0.25) is 0 Å². The summed E-state index contributed by atoms with van der Waals surface area (Å²) < 4.78 is 5.92. The molecule has 2 aromatic rings. The fraction of sp³-hybridized carbons (Fsp3) is 0.577. The summed E-state index contributed by atoms with van der Waals surface area (Å²) in [7, 11) is 0. The van der Waals surface area contributed by atoms with Crippen LogP contribution in [-0.2, 0) is 9.53 Å². The van der Waals surface area contributed by atoms with Crippen molar-refractivity contribution in [3.8, 4) is 11.3 Å². The highest BCUT2D eigenvalue weighted by molar-refractivity contribution is 5.88. The molecule has 0 bridgehead atoms. The Balaban J connectivity index is 1.13. The Kier molecular flexibility index (Phi) is 6.10. The zero-order valence-electron chi connectivity index (χ0n) is 19.9. The number of benzene rings is 1. The van der Waals surface area contributed by atoms with E-state index in [9.17, 15) is 4.79 Å². The number of carbonyl (C=O) groups is 1. The molecule has 7 heteroatoms. The first-order valence-electron chi connectivity index (χ1n) is 12.2. The molecule has 176 valence electrons. The van der Waals surface area contributed by atoms with Crippen molar-refractivity contribution < 1.29 is 9.53 Å². The number of fused-ring (bicyclic) bond motifs is 1. The summed E-state index contributed by atoms with van der Waals surface area (Å²) in [5.41, 5.74) is 2.61. The molecule has 7 nitrogen and oxygen atoms in total. The van der Waals surface area contributed by atoms with Crippen LogP contribution in [0.1, 0.15) is 46.5 Å². The Morgan fingerprint density at radius 2 is 1.79 bits per heavy atom. The number of rotatable bonds is 5. The normalized spacial score (nSPS) is 28.9. The van der Waals surface area contributed by atoms with E-state index in [1.54, 1.807) is 0 Å². The molecule has 3 heterocycles. The molecule has 1 unspecified atom stereocenters. The SMILES string of the molecule is CC(=O)Nc1ccc(-c2ccc(N[C@@H]3C[C@@H]4CN(C5CCOC(C)(C)C5)C[C@@H]4C3)nn2)cc1. The van der Waals surface area contributed by atoms with E-state index < -0.39 is 0 Å². The van der Waals surface area contributed by atoms with E-state index in [2.05, 4.69) is 39.6 Å². The van der Waals surface area contributed by atoms with Gasteiger partial charge in [0, 0.05) is 50.0 Å². The summed E-state index contributed by atoms with van der Waals surface area (Å²) in [6.45, 7) is 9.30. The summed E-state index contributed by atoms with van der Waals surface area (Å²) in [5, 5.41) is 15.3. The second-order valence-corrected chi connectivity index (χ2v) is 10.6. The van der Waals surface area contributed by atoms with Gasteiger partial charge in [-0.05, 0) is 75.6 Å². The smallest absolute Gasteiger partial charge is 0.221 e. The first kappa shape index (κ1) is 22.3. The Morgan fingerprint density at radius 1 is 1.06 bits per heavy atom. The van der Waals surface area contributed by atoms with Gasteiger partial charge < -0.3 is 15.4 Å². The van der Waals surface area contributed by atoms with Crippen molar-refractivity contribution in [3.05, 3.63) is 36.4 Å². The third kappa shape index (κ3) is 5.20. The van der Waals surface area contributed by atoms with Crippen molar-refractivity contribution in [1.82, 2.24) is 15.1 Å². The third-order valence-corrected chi connectivity index (χ3v) is 7.48. The molecule has 3 aliphatic rings. The molecule has 33 heavy (non-hydrogen) atoms. The van der Waals surface area contributed by atoms with E-state index in [-0.39, 0.29) is 11.5 Å². The van der Waals surface area contributed by atoms with E-state index in [0.29, 0.717) is 12.1 Å². The summed E-state index contributed by atoms with van der Waals surface area (Å²) in [6, 6.07) is 12.8. The highest BCUT2D eigenvalue weighted by Gasteiger charge is 2.44. The van der Waals surface area contributed by atoms with Crippen LogP contribution >= 0.6 is 0 Å². The molecule has 3 fully saturated rings. The minimum atomic E-state index is -0.0748. The van der Waals surface area contributed by atoms with Gasteiger partial charge in [0.1, 0.15) is 5.82 Å². The standard InChI is InChI=1S/C26H35N5O2/c1-17(32)27-21-6-4-18(5-7-21)24-8-9-25(30-29-24)28-22-12-19-15-31(16-20(19)13-22)23-10-11-33-26(2,3)14-23/h4-9,19-20,22-23H,10-16H2,1-3H3,(H,27,32)(H,28,30)/t19-,20+,22-,23?. The summed E-state index contributed by atoms with van der Waals surface area (Å²) in [5.74, 6) is 2.33. The Bertz CT molecular complexity index is 961. The number of aromatic nitrogens is 2. The predicted octanol–water partition coefficient (Wildman–Crippen LogP) is 4.18. The number of amides is 1. The zero-order valence-corrected chi connectivity index (χ0v) is 19.9. The van der Waals surface area contributed by atoms with Crippen molar-refractivity contribution in [2.75, 3.05) is 30.3 Å². The number of nitrogens with zero attached hydrogens (tertiary/aromatic N) is 3. The van der Waals surface area contributed by atoms with Crippen LogP contribution < -0.4 is 10.6 Å². The largest absolute Gasteiger partial charge is 0.375 e. The molecule has 2 saturated heterocycles. The lowest BCUT2D eigenvalue weighted by molar-refractivity contribution is -0.114. The maximum Gasteiger partial charge on any atom is 0.221 e. The van der Waals surface area contributed by atoms with Gasteiger partial charge >= 0.3 is 0 Å². The number of hydrogen-bond acceptors (Lipinski definition) is 6. The Labute approximate surface area is 196 Å². The van der Waals surface area contributed by atoms with Crippen LogP contribution in [0.15, 0.2) is 36.4 Å². The van der Waals surface area contributed by atoms with E-state index in [1.165, 1.54) is 39.3 Å². The van der Waals surface area contributed by atoms with Gasteiger partial charge in [-0.3, -0.25) is 9.69 Å². The van der Waals surface area contributed by atoms with E-state index in [1.807, 2.05) is 36.4 Å². The maximum absolute atomic E-state index is 11.2. The van der Waals surface area contributed by atoms with E-state index in [0.717, 1.165) is 47.6 Å². The lowest BCUT2D eigenvalue weighted by atomic mass is 9.93. The van der Waals surface area contributed by atoms with Gasteiger partial charge in [0.15, 0.2) is 0 Å². The van der Waals surface area contributed by atoms with Gasteiger partial charge in [0.2, 0.25) is 5.91 Å². The fourth-order valence-electron chi connectivity index (χ4n) is 5.96. The topological polar surface area (TPSA) is 79.4 Å². The predicted molar refractivity (Wildman–Crippen MR) is 130 cm³/mol. The van der Waals surface area contributed by atoms with Crippen molar-refractivity contribution in [3.63, 3.8) is 0 Å². The number of likely N-dealkylation sites (tertiary alicyclic amines) is 1. The molecular formula is C26H35N5O2. The van der Waals surface area contributed by atoms with Gasteiger partial charge in [-0.2, -0.15) is 0 Å². The van der Waals surface area contributed by atoms with Gasteiger partial charge in [-0.15, -0.1) is 10.2 Å². The van der Waals surface area contributed by atoms with Crippen LogP contribution in [-0.4, -0.2) is 58.4 Å². The average molecular weight is 450 g/mol. The first-order valence-corrected chi connectivity index (χ1v) is 12.2. The van der Waals surface area contributed by atoms with Gasteiger partial charge in [-0.1, -0.05) is 12.1 Å². The zero-order chi connectivity index (χ0) is 23.0. The Morgan fingerprint density at radius 3 is 2.39 bits per heavy atom. The van der Waals surface area contributed by atoms with Crippen LogP contribution in [0.5, 0.6) is 0 Å². The number of nitrogens with one attached hydrogen (secondary N) is 2. The van der Waals surface area contributed by atoms with E-state index in [4.69, 9.17) is 4.74 Å². The quantitative estimate of drug-likeness (QED) is 0.713. The minimum absolute atomic E-state index is 0.0169. The number of ether oxygens (including phenoxy) is 1. The number of carbonyl (C=O) groups excluding carboxylic acids is 1. The molecule has 4 atom stereocenters. The number of hydrogen-bond donors (Lipinski definition) is 2. The van der Waals surface area contributed by atoms with Crippen molar-refractivity contribution in [2.45, 2.75) is 64.1 Å². The summed E-state index contributed by atoms with van der Waals surface area (Å²) in [4.78, 5) is 13.9. The van der Waals surface area contributed by atoms with Crippen molar-refractivity contribution >= 4 is 17.4 Å². The molecule has 1 aromatic heterocycles. The Hall–Kier alpha value is -2.51. The molecule has 2 N–H and O–H groups in total. The molecule has 1 aromatic carbocycles. The second kappa shape index (κ2) is 9.03. The highest BCUT2D eigenvalue weighted by Crippen LogP contribution is 2.41. The second-order valence-electron chi connectivity index (χ2n) is 10.6. The molecule has 1 amide bonds. The lowest BCUT2D eigenvalue weighted by Crippen LogP contribution is -2.45. The number of anilines is 2. The van der Waals surface area contributed by atoms with Gasteiger partial charge in [-0.25, -0.2) is 0 Å². The molecular weight excluding hydrogens is 414 g/mol. The minimum Gasteiger partial charge on any atom is -0.375 e. The average Bonchev–Trinajstić information content (AvgIpc) is 3.33. The monoisotopic (exact) mass is 449 g/mol. The molecule has 0 spiro atoms. The van der Waals surface area contributed by atoms with Crippen molar-refractivity contribution in [1.29, 1.82) is 0 Å². The summed E-state index contributed by atoms with van der Waals surface area (Å²) >= 11 is 0. The lowest BCUT2D eigenvalue weighted by Gasteiger charge is -2.40. The first-order chi connectivity index (χ1) is 15.8. The molecule has 1 aliphatic carbocycles. The molecule has 1 saturated carbocycles. The van der Waals surface area contributed by atoms with Gasteiger partial charge in [0.25, 0.3) is 0 Å². The molecule has 0 radical (unpaired) electrons. The van der Waals surface area contributed by atoms with Crippen LogP contribution in [0.3, 0.4) is 0 Å². The van der Waals surface area contributed by atoms with Crippen LogP contribution in [0.25, 0.3) is 11.3 Å². The molecule has 5 rings (SSSR count). The summed E-state index contributed by atoms with van der Waals surface area (Å²) in [6.07, 6.45) is 4.73. The molecule has 2 aliphatic heterocycles. The van der Waals surface area contributed by atoms with Gasteiger partial charge in [0.05, 0.1) is 11.3 Å². The van der Waals surface area contributed by atoms with Crippen LogP contribution in [0, 0.1) is 11.8 Å². The van der Waals surface area contributed by atoms with Crippen LogP contribution in [0.4, 0.5) is 11.5 Å². The van der Waals surface area contributed by atoms with Crippen molar-refractivity contribution in [2.24, 2.45) is 11.8 Å². The fourth-order valence-corrected chi connectivity index (χ4v) is 5.96. The highest BCUT2D eigenvalue weighted by atomic mass is 16.5.